The number of aliphatic hydroxyl groups is 1. The van der Waals surface area contributed by atoms with Crippen LogP contribution in [-0.4, -0.2) is 22.2 Å². The second kappa shape index (κ2) is 4.49. The molecule has 1 aliphatic carbocycles. The van der Waals surface area contributed by atoms with Crippen LogP contribution in [-0.2, 0) is 12.0 Å². The minimum atomic E-state index is -5.54. The van der Waals surface area contributed by atoms with Crippen molar-refractivity contribution in [2.24, 2.45) is 0 Å². The summed E-state index contributed by atoms with van der Waals surface area (Å²) in [4.78, 5) is 2.24. The summed E-state index contributed by atoms with van der Waals surface area (Å²) in [7, 11) is 0. The van der Waals surface area contributed by atoms with Crippen molar-refractivity contribution in [1.82, 2.24) is 4.98 Å². The van der Waals surface area contributed by atoms with Crippen molar-refractivity contribution in [2.75, 3.05) is 0 Å². The fourth-order valence-corrected chi connectivity index (χ4v) is 3.14. The third-order valence-corrected chi connectivity index (χ3v) is 4.66. The Morgan fingerprint density at radius 3 is 2.32 bits per heavy atom. The summed E-state index contributed by atoms with van der Waals surface area (Å²) in [5.41, 5.74) is -5.14. The molecule has 0 fully saturated rings. The van der Waals surface area contributed by atoms with Crippen molar-refractivity contribution in [3.8, 4) is 0 Å². The Morgan fingerprint density at radius 2 is 1.73 bits per heavy atom. The van der Waals surface area contributed by atoms with Crippen LogP contribution >= 0.6 is 23.2 Å². The molecule has 1 heterocycles. The Morgan fingerprint density at radius 1 is 1.14 bits per heavy atom. The van der Waals surface area contributed by atoms with E-state index in [0.717, 1.165) is 0 Å². The number of aromatic nitrogens is 1. The van der Waals surface area contributed by atoms with E-state index >= 15 is 0 Å². The van der Waals surface area contributed by atoms with E-state index in [1.807, 2.05) is 0 Å². The molecule has 2 nitrogen and oxygen atoms in total. The van der Waals surface area contributed by atoms with E-state index in [0.29, 0.717) is 0 Å². The maximum absolute atomic E-state index is 13.9. The van der Waals surface area contributed by atoms with Crippen LogP contribution in [0.4, 0.5) is 22.0 Å². The zero-order valence-electron chi connectivity index (χ0n) is 10.7. The van der Waals surface area contributed by atoms with Crippen LogP contribution in [0.15, 0.2) is 12.1 Å². The van der Waals surface area contributed by atoms with Gasteiger partial charge in [0.15, 0.2) is 0 Å². The van der Waals surface area contributed by atoms with Crippen LogP contribution in [0.3, 0.4) is 0 Å². The molecule has 2 N–H and O–H groups in total. The number of nitrogens with one attached hydrogen (secondary N) is 1. The molecule has 1 aromatic heterocycles. The van der Waals surface area contributed by atoms with Gasteiger partial charge in [-0.1, -0.05) is 23.2 Å². The molecule has 9 heteroatoms. The molecule has 0 amide bonds. The Hall–Kier alpha value is -1.05. The van der Waals surface area contributed by atoms with Crippen molar-refractivity contribution in [3.05, 3.63) is 33.4 Å². The Kier molecular flexibility index (Phi) is 3.23. The number of aromatic amines is 1. The number of benzene rings is 1. The quantitative estimate of drug-likeness (QED) is 0.651. The van der Waals surface area contributed by atoms with Gasteiger partial charge in [0.25, 0.3) is 11.5 Å². The molecule has 120 valence electrons. The van der Waals surface area contributed by atoms with Gasteiger partial charge >= 0.3 is 6.18 Å². The van der Waals surface area contributed by atoms with Crippen LogP contribution in [0.1, 0.15) is 17.7 Å². The minimum absolute atomic E-state index is 0.0284. The number of H-pyrrole nitrogens is 1. The lowest BCUT2D eigenvalue weighted by Gasteiger charge is -2.40. The minimum Gasteiger partial charge on any atom is -0.371 e. The number of rotatable bonds is 0. The number of aryl methyl sites for hydroxylation is 1. The molecule has 1 aromatic carbocycles. The SMILES string of the molecule is OC1(C(F)(F)F)c2[nH]c3cc(Cl)c(Cl)cc3c2CCC1(F)F. The number of hydrogen-bond acceptors (Lipinski definition) is 1. The van der Waals surface area contributed by atoms with Gasteiger partial charge in [-0.2, -0.15) is 13.2 Å². The first-order valence-electron chi connectivity index (χ1n) is 6.16. The normalized spacial score (nSPS) is 24.5. The first-order valence-corrected chi connectivity index (χ1v) is 6.91. The van der Waals surface area contributed by atoms with E-state index in [4.69, 9.17) is 23.2 Å². The molecule has 0 spiro atoms. The Labute approximate surface area is 130 Å². The third-order valence-electron chi connectivity index (χ3n) is 3.94. The molecule has 0 bridgehead atoms. The fourth-order valence-electron chi connectivity index (χ4n) is 2.81. The average Bonchev–Trinajstić information content (AvgIpc) is 2.72. The molecular weight excluding hydrogens is 352 g/mol. The molecular formula is C13H8Cl2F5NO. The predicted molar refractivity (Wildman–Crippen MR) is 71.5 cm³/mol. The lowest BCUT2D eigenvalue weighted by atomic mass is 9.79. The lowest BCUT2D eigenvalue weighted by molar-refractivity contribution is -0.345. The molecule has 1 unspecified atom stereocenters. The van der Waals surface area contributed by atoms with Crippen molar-refractivity contribution in [2.45, 2.75) is 30.5 Å². The summed E-state index contributed by atoms with van der Waals surface area (Å²) >= 11 is 11.6. The lowest BCUT2D eigenvalue weighted by Crippen LogP contribution is -2.58. The van der Waals surface area contributed by atoms with E-state index in [9.17, 15) is 27.1 Å². The molecule has 3 rings (SSSR count). The summed E-state index contributed by atoms with van der Waals surface area (Å²) in [5, 5.41) is 10.2. The summed E-state index contributed by atoms with van der Waals surface area (Å²) in [6.45, 7) is 0. The second-order valence-corrected chi connectivity index (χ2v) is 6.02. The van der Waals surface area contributed by atoms with Gasteiger partial charge in [-0.05, 0) is 24.1 Å². The van der Waals surface area contributed by atoms with Gasteiger partial charge < -0.3 is 10.1 Å². The van der Waals surface area contributed by atoms with Crippen LogP contribution in [0.25, 0.3) is 10.9 Å². The molecule has 0 saturated heterocycles. The first kappa shape index (κ1) is 15.8. The molecule has 22 heavy (non-hydrogen) atoms. The number of halogens is 7. The van der Waals surface area contributed by atoms with E-state index in [-0.39, 0.29) is 32.9 Å². The van der Waals surface area contributed by atoms with Gasteiger partial charge in [0.1, 0.15) is 0 Å². The van der Waals surface area contributed by atoms with Crippen LogP contribution in [0, 0.1) is 0 Å². The summed E-state index contributed by atoms with van der Waals surface area (Å²) in [6.07, 6.45) is -6.98. The highest BCUT2D eigenvalue weighted by Gasteiger charge is 2.72. The highest BCUT2D eigenvalue weighted by atomic mass is 35.5. The van der Waals surface area contributed by atoms with Crippen molar-refractivity contribution >= 4 is 34.1 Å². The second-order valence-electron chi connectivity index (χ2n) is 5.20. The van der Waals surface area contributed by atoms with E-state index in [1.165, 1.54) is 12.1 Å². The summed E-state index contributed by atoms with van der Waals surface area (Å²) in [6, 6.07) is 2.54. The topological polar surface area (TPSA) is 36.0 Å². The van der Waals surface area contributed by atoms with Crippen LogP contribution in [0.2, 0.25) is 10.0 Å². The average molecular weight is 360 g/mol. The Balaban J connectivity index is 2.37. The molecule has 0 radical (unpaired) electrons. The van der Waals surface area contributed by atoms with Crippen molar-refractivity contribution in [1.29, 1.82) is 0 Å². The van der Waals surface area contributed by atoms with Gasteiger partial charge in [-0.15, -0.1) is 0 Å². The zero-order chi connectivity index (χ0) is 16.5. The van der Waals surface area contributed by atoms with Gasteiger partial charge in [0.2, 0.25) is 0 Å². The van der Waals surface area contributed by atoms with E-state index in [2.05, 4.69) is 4.98 Å². The first-order chi connectivity index (χ1) is 9.99. The molecule has 1 atom stereocenters. The molecule has 0 saturated carbocycles. The fraction of sp³-hybridized carbons (Fsp3) is 0.385. The summed E-state index contributed by atoms with van der Waals surface area (Å²) < 4.78 is 67.3. The van der Waals surface area contributed by atoms with Gasteiger partial charge in [-0.25, -0.2) is 8.78 Å². The predicted octanol–water partition coefficient (Wildman–Crippen LogP) is 4.81. The maximum Gasteiger partial charge on any atom is 0.429 e. The molecule has 0 aliphatic heterocycles. The zero-order valence-corrected chi connectivity index (χ0v) is 12.2. The van der Waals surface area contributed by atoms with E-state index < -0.39 is 29.8 Å². The standard InChI is InChI=1S/C13H8Cl2F5NO/c14-7-3-6-5-1-2-11(16,17)12(22,13(18,19)20)10(5)21-9(6)4-8(7)15/h3-4,21-22H,1-2H2. The largest absolute Gasteiger partial charge is 0.429 e. The van der Waals surface area contributed by atoms with Gasteiger partial charge in [0, 0.05) is 17.3 Å². The third kappa shape index (κ3) is 1.88. The molecule has 1 aliphatic rings. The van der Waals surface area contributed by atoms with Gasteiger partial charge in [0.05, 0.1) is 15.7 Å². The van der Waals surface area contributed by atoms with Gasteiger partial charge in [-0.3, -0.25) is 0 Å². The maximum atomic E-state index is 13.9. The number of alkyl halides is 5. The Bertz CT molecular complexity index is 770. The summed E-state index contributed by atoms with van der Waals surface area (Å²) in [5.74, 6) is -4.34. The van der Waals surface area contributed by atoms with E-state index in [1.54, 1.807) is 0 Å². The monoisotopic (exact) mass is 359 g/mol. The highest BCUT2D eigenvalue weighted by molar-refractivity contribution is 6.42. The van der Waals surface area contributed by atoms with Crippen LogP contribution in [0.5, 0.6) is 0 Å². The van der Waals surface area contributed by atoms with Crippen molar-refractivity contribution in [3.63, 3.8) is 0 Å². The van der Waals surface area contributed by atoms with Crippen molar-refractivity contribution < 1.29 is 27.1 Å². The van der Waals surface area contributed by atoms with Crippen LogP contribution < -0.4 is 0 Å². The smallest absolute Gasteiger partial charge is 0.371 e. The highest BCUT2D eigenvalue weighted by Crippen LogP contribution is 2.55. The number of fused-ring (bicyclic) bond motifs is 3. The molecule has 2 aromatic rings. The number of hydrogen-bond donors (Lipinski definition) is 2.